The maximum absolute atomic E-state index is 6.36. The molecule has 3 rings (SSSR count). The average molecular weight is 273 g/mol. The minimum absolute atomic E-state index is 0.573. The van der Waals surface area contributed by atoms with Crippen LogP contribution in [0.3, 0.4) is 0 Å². The van der Waals surface area contributed by atoms with E-state index in [9.17, 15) is 0 Å². The number of aromatic nitrogens is 4. The molecule has 2 heterocycles. The largest absolute Gasteiger partial charge is 0.383 e. The summed E-state index contributed by atoms with van der Waals surface area (Å²) in [5.74, 6) is 2.52. The van der Waals surface area contributed by atoms with Gasteiger partial charge in [0.25, 0.3) is 0 Å². The molecule has 0 bridgehead atoms. The molecule has 0 aromatic carbocycles. The van der Waals surface area contributed by atoms with E-state index in [2.05, 4.69) is 28.0 Å². The number of nitrogen functional groups attached to an aromatic ring is 1. The normalized spacial score (nSPS) is 16.1. The second kappa shape index (κ2) is 5.31. The second-order valence-electron chi connectivity index (χ2n) is 5.49. The van der Waals surface area contributed by atoms with Crippen molar-refractivity contribution in [2.75, 3.05) is 5.73 Å². The van der Waals surface area contributed by atoms with Crippen LogP contribution in [0.2, 0.25) is 0 Å². The smallest absolute Gasteiger partial charge is 0.133 e. The van der Waals surface area contributed by atoms with Crippen LogP contribution < -0.4 is 5.73 Å². The molecule has 108 valence electrons. The third-order valence-corrected chi connectivity index (χ3v) is 4.37. The Morgan fingerprint density at radius 3 is 2.65 bits per heavy atom. The first-order valence-electron chi connectivity index (χ1n) is 7.62. The molecule has 0 atom stereocenters. The zero-order chi connectivity index (χ0) is 14.1. The van der Waals surface area contributed by atoms with E-state index in [1.54, 1.807) is 0 Å². The fourth-order valence-electron chi connectivity index (χ4n) is 3.27. The molecular weight excluding hydrogens is 250 g/mol. The molecule has 0 spiro atoms. The van der Waals surface area contributed by atoms with Gasteiger partial charge in [-0.25, -0.2) is 9.97 Å². The molecule has 2 aromatic heterocycles. The topological polar surface area (TPSA) is 61.7 Å². The van der Waals surface area contributed by atoms with Crippen molar-refractivity contribution in [2.24, 2.45) is 0 Å². The summed E-state index contributed by atoms with van der Waals surface area (Å²) in [5, 5.41) is 0. The Labute approximate surface area is 119 Å². The Morgan fingerprint density at radius 2 is 2.00 bits per heavy atom. The maximum atomic E-state index is 6.36. The Kier molecular flexibility index (Phi) is 3.51. The number of hydrogen-bond donors (Lipinski definition) is 1. The highest BCUT2D eigenvalue weighted by atomic mass is 15.2. The lowest BCUT2D eigenvalue weighted by molar-refractivity contribution is 0.604. The van der Waals surface area contributed by atoms with Crippen LogP contribution in [0.15, 0.2) is 12.5 Å². The lowest BCUT2D eigenvalue weighted by atomic mass is 10.1. The van der Waals surface area contributed by atoms with E-state index in [0.29, 0.717) is 5.92 Å². The van der Waals surface area contributed by atoms with Gasteiger partial charge in [0.15, 0.2) is 0 Å². The van der Waals surface area contributed by atoms with Crippen molar-refractivity contribution in [1.82, 2.24) is 19.1 Å². The number of nitrogens with two attached hydrogens (primary N) is 1. The highest BCUT2D eigenvalue weighted by Gasteiger charge is 2.26. The fourth-order valence-corrected chi connectivity index (χ4v) is 3.27. The number of imidazole rings is 2. The Balaban J connectivity index is 2.08. The van der Waals surface area contributed by atoms with Gasteiger partial charge >= 0.3 is 0 Å². The molecule has 20 heavy (non-hydrogen) atoms. The summed E-state index contributed by atoms with van der Waals surface area (Å²) in [6.07, 6.45) is 8.80. The van der Waals surface area contributed by atoms with Crippen LogP contribution in [-0.4, -0.2) is 19.1 Å². The molecular formula is C15H23N5. The van der Waals surface area contributed by atoms with Crippen molar-refractivity contribution < 1.29 is 0 Å². The van der Waals surface area contributed by atoms with Crippen LogP contribution >= 0.6 is 0 Å². The monoisotopic (exact) mass is 273 g/mol. The van der Waals surface area contributed by atoms with Crippen molar-refractivity contribution in [1.29, 1.82) is 0 Å². The summed E-state index contributed by atoms with van der Waals surface area (Å²) in [6, 6.07) is 0. The first-order chi connectivity index (χ1) is 9.76. The summed E-state index contributed by atoms with van der Waals surface area (Å²) >= 11 is 0. The van der Waals surface area contributed by atoms with Crippen molar-refractivity contribution in [3.05, 3.63) is 18.3 Å². The van der Waals surface area contributed by atoms with E-state index in [-0.39, 0.29) is 0 Å². The standard InChI is InChI=1S/C15H23N5/c1-3-19-10-17-9-12(19)13-14(16)20(4-2)15(18-13)11-7-5-6-8-11/h9-11H,3-8,16H2,1-2H3. The quantitative estimate of drug-likeness (QED) is 0.931. The predicted molar refractivity (Wildman–Crippen MR) is 80.4 cm³/mol. The second-order valence-corrected chi connectivity index (χ2v) is 5.49. The fraction of sp³-hybridized carbons (Fsp3) is 0.600. The summed E-state index contributed by atoms with van der Waals surface area (Å²) in [7, 11) is 0. The average Bonchev–Trinajstić information content (AvgIpc) is 3.17. The van der Waals surface area contributed by atoms with Gasteiger partial charge in [0.1, 0.15) is 17.3 Å². The number of nitrogens with zero attached hydrogens (tertiary/aromatic N) is 4. The van der Waals surface area contributed by atoms with Crippen LogP contribution in [0.5, 0.6) is 0 Å². The molecule has 0 saturated heterocycles. The Hall–Kier alpha value is -1.78. The molecule has 2 aromatic rings. The summed E-state index contributed by atoms with van der Waals surface area (Å²) in [4.78, 5) is 9.12. The molecule has 1 saturated carbocycles. The zero-order valence-corrected chi connectivity index (χ0v) is 12.3. The van der Waals surface area contributed by atoms with Crippen molar-refractivity contribution >= 4 is 5.82 Å². The molecule has 1 aliphatic carbocycles. The van der Waals surface area contributed by atoms with Crippen LogP contribution in [0.25, 0.3) is 11.4 Å². The molecule has 2 N–H and O–H groups in total. The molecule has 1 aliphatic rings. The van der Waals surface area contributed by atoms with Gasteiger partial charge in [-0.15, -0.1) is 0 Å². The lowest BCUT2D eigenvalue weighted by Gasteiger charge is -2.11. The molecule has 5 nitrogen and oxygen atoms in total. The van der Waals surface area contributed by atoms with E-state index in [0.717, 1.165) is 30.3 Å². The highest BCUT2D eigenvalue weighted by molar-refractivity contribution is 5.68. The van der Waals surface area contributed by atoms with Crippen LogP contribution in [0, 0.1) is 0 Å². The SMILES string of the molecule is CCn1cncc1-c1nc(C2CCCC2)n(CC)c1N. The summed E-state index contributed by atoms with van der Waals surface area (Å²) < 4.78 is 4.27. The summed E-state index contributed by atoms with van der Waals surface area (Å²) in [5.41, 5.74) is 8.28. The molecule has 0 amide bonds. The van der Waals surface area contributed by atoms with E-state index in [1.807, 2.05) is 12.5 Å². The Bertz CT molecular complexity index is 589. The third kappa shape index (κ3) is 2.01. The zero-order valence-electron chi connectivity index (χ0n) is 12.3. The van der Waals surface area contributed by atoms with Gasteiger partial charge in [-0.05, 0) is 26.7 Å². The van der Waals surface area contributed by atoms with Gasteiger partial charge in [0.2, 0.25) is 0 Å². The van der Waals surface area contributed by atoms with E-state index >= 15 is 0 Å². The van der Waals surface area contributed by atoms with E-state index < -0.39 is 0 Å². The minimum Gasteiger partial charge on any atom is -0.383 e. The van der Waals surface area contributed by atoms with Crippen molar-refractivity contribution in [3.8, 4) is 11.4 Å². The van der Waals surface area contributed by atoms with Crippen LogP contribution in [0.1, 0.15) is 51.3 Å². The highest BCUT2D eigenvalue weighted by Crippen LogP contribution is 2.37. The first kappa shape index (κ1) is 13.2. The van der Waals surface area contributed by atoms with Crippen molar-refractivity contribution in [3.63, 3.8) is 0 Å². The van der Waals surface area contributed by atoms with Crippen molar-refractivity contribution in [2.45, 2.75) is 58.5 Å². The van der Waals surface area contributed by atoms with Gasteiger partial charge < -0.3 is 14.9 Å². The molecule has 1 fully saturated rings. The molecule has 0 aliphatic heterocycles. The molecule has 0 unspecified atom stereocenters. The number of anilines is 1. The van der Waals surface area contributed by atoms with Crippen LogP contribution in [-0.2, 0) is 13.1 Å². The Morgan fingerprint density at radius 1 is 1.25 bits per heavy atom. The van der Waals surface area contributed by atoms with Crippen LogP contribution in [0.4, 0.5) is 5.82 Å². The van der Waals surface area contributed by atoms with E-state index in [1.165, 1.54) is 31.5 Å². The number of rotatable bonds is 4. The third-order valence-electron chi connectivity index (χ3n) is 4.37. The van der Waals surface area contributed by atoms with Gasteiger partial charge in [-0.2, -0.15) is 0 Å². The molecule has 0 radical (unpaired) electrons. The number of hydrogen-bond acceptors (Lipinski definition) is 3. The van der Waals surface area contributed by atoms with Gasteiger partial charge in [0, 0.05) is 19.0 Å². The minimum atomic E-state index is 0.573. The molecule has 5 heteroatoms. The summed E-state index contributed by atoms with van der Waals surface area (Å²) in [6.45, 7) is 6.00. The van der Waals surface area contributed by atoms with Gasteiger partial charge in [-0.1, -0.05) is 12.8 Å². The lowest BCUT2D eigenvalue weighted by Crippen LogP contribution is -2.08. The maximum Gasteiger partial charge on any atom is 0.133 e. The predicted octanol–water partition coefficient (Wildman–Crippen LogP) is 3.03. The van der Waals surface area contributed by atoms with E-state index in [4.69, 9.17) is 10.7 Å². The van der Waals surface area contributed by atoms with Gasteiger partial charge in [-0.3, -0.25) is 0 Å². The van der Waals surface area contributed by atoms with Gasteiger partial charge in [0.05, 0.1) is 18.2 Å². The number of aryl methyl sites for hydroxylation is 1. The first-order valence-corrected chi connectivity index (χ1v) is 7.62.